The van der Waals surface area contributed by atoms with E-state index in [0.717, 1.165) is 29.8 Å². The molecule has 0 saturated heterocycles. The van der Waals surface area contributed by atoms with E-state index in [1.165, 1.54) is 11.1 Å². The summed E-state index contributed by atoms with van der Waals surface area (Å²) in [7, 11) is 0. The van der Waals surface area contributed by atoms with Crippen molar-refractivity contribution in [1.82, 2.24) is 4.98 Å². The van der Waals surface area contributed by atoms with E-state index in [9.17, 15) is 4.79 Å². The number of pyridine rings is 1. The Morgan fingerprint density at radius 1 is 1.30 bits per heavy atom. The van der Waals surface area contributed by atoms with Gasteiger partial charge in [0.05, 0.1) is 6.42 Å². The van der Waals surface area contributed by atoms with Crippen molar-refractivity contribution in [2.24, 2.45) is 0 Å². The van der Waals surface area contributed by atoms with Crippen molar-refractivity contribution in [1.29, 1.82) is 0 Å². The van der Waals surface area contributed by atoms with Gasteiger partial charge in [0.15, 0.2) is 0 Å². The maximum atomic E-state index is 12.5. The highest BCUT2D eigenvalue weighted by Gasteiger charge is 2.24. The molecule has 2 aromatic rings. The number of carbonyl (C=O) groups is 1. The van der Waals surface area contributed by atoms with E-state index in [1.807, 2.05) is 17.9 Å². The number of rotatable bonds is 2. The van der Waals surface area contributed by atoms with Crippen LogP contribution in [0.2, 0.25) is 0 Å². The van der Waals surface area contributed by atoms with E-state index in [4.69, 9.17) is 0 Å². The third-order valence-electron chi connectivity index (χ3n) is 3.93. The van der Waals surface area contributed by atoms with Gasteiger partial charge in [-0.05, 0) is 54.7 Å². The fourth-order valence-corrected chi connectivity index (χ4v) is 2.69. The minimum Gasteiger partial charge on any atom is -0.312 e. The normalized spacial score (nSPS) is 13.4. The van der Waals surface area contributed by atoms with Crippen molar-refractivity contribution in [3.05, 3.63) is 58.9 Å². The summed E-state index contributed by atoms with van der Waals surface area (Å²) >= 11 is 0. The molecule has 1 aromatic carbocycles. The van der Waals surface area contributed by atoms with Gasteiger partial charge in [-0.1, -0.05) is 12.1 Å². The number of hydrogen-bond acceptors (Lipinski definition) is 2. The number of aromatic nitrogens is 1. The largest absolute Gasteiger partial charge is 0.312 e. The van der Waals surface area contributed by atoms with Crippen LogP contribution >= 0.6 is 0 Å². The van der Waals surface area contributed by atoms with Crippen LogP contribution in [-0.4, -0.2) is 17.4 Å². The first-order valence-corrected chi connectivity index (χ1v) is 6.94. The number of aryl methyl sites for hydroxylation is 2. The Kier molecular flexibility index (Phi) is 3.26. The van der Waals surface area contributed by atoms with Gasteiger partial charge in [-0.25, -0.2) is 0 Å². The summed E-state index contributed by atoms with van der Waals surface area (Å²) in [5.41, 5.74) is 5.68. The van der Waals surface area contributed by atoms with E-state index in [1.54, 1.807) is 12.4 Å². The van der Waals surface area contributed by atoms with E-state index in [0.29, 0.717) is 6.42 Å². The molecule has 0 spiro atoms. The van der Waals surface area contributed by atoms with E-state index in [2.05, 4.69) is 30.1 Å². The number of amides is 1. The Balaban J connectivity index is 1.84. The van der Waals surface area contributed by atoms with Crippen molar-refractivity contribution in [2.45, 2.75) is 26.7 Å². The number of carbonyl (C=O) groups excluding carboxylic acids is 1. The second kappa shape index (κ2) is 5.08. The molecule has 0 bridgehead atoms. The molecule has 0 saturated carbocycles. The molecule has 0 fully saturated rings. The molecule has 1 aliphatic heterocycles. The summed E-state index contributed by atoms with van der Waals surface area (Å²) in [6.07, 6.45) is 4.93. The molecule has 102 valence electrons. The summed E-state index contributed by atoms with van der Waals surface area (Å²) in [6.45, 7) is 4.87. The number of anilines is 1. The lowest BCUT2D eigenvalue weighted by Crippen LogP contribution is -2.30. The van der Waals surface area contributed by atoms with Crippen molar-refractivity contribution in [3.63, 3.8) is 0 Å². The standard InChI is InChI=1S/C17H18N2O/c1-12-3-4-14-6-8-19(16(14)9-12)17(20)10-15-11-18-7-5-13(15)2/h3-5,7,9,11H,6,8,10H2,1-2H3. The molecule has 0 unspecified atom stereocenters. The third-order valence-corrected chi connectivity index (χ3v) is 3.93. The zero-order valence-corrected chi connectivity index (χ0v) is 11.9. The fourth-order valence-electron chi connectivity index (χ4n) is 2.69. The lowest BCUT2D eigenvalue weighted by molar-refractivity contribution is -0.117. The Morgan fingerprint density at radius 3 is 2.95 bits per heavy atom. The molecule has 1 aliphatic rings. The van der Waals surface area contributed by atoms with Crippen molar-refractivity contribution in [2.75, 3.05) is 11.4 Å². The Morgan fingerprint density at radius 2 is 2.15 bits per heavy atom. The van der Waals surface area contributed by atoms with E-state index < -0.39 is 0 Å². The second-order valence-electron chi connectivity index (χ2n) is 5.41. The summed E-state index contributed by atoms with van der Waals surface area (Å²) in [4.78, 5) is 18.6. The number of nitrogens with zero attached hydrogens (tertiary/aromatic N) is 2. The minimum atomic E-state index is 0.158. The molecular formula is C17H18N2O. The molecule has 0 N–H and O–H groups in total. The molecule has 3 heteroatoms. The van der Waals surface area contributed by atoms with Gasteiger partial charge in [0, 0.05) is 24.6 Å². The average molecular weight is 266 g/mol. The molecular weight excluding hydrogens is 248 g/mol. The average Bonchev–Trinajstić information content (AvgIpc) is 2.84. The summed E-state index contributed by atoms with van der Waals surface area (Å²) < 4.78 is 0. The molecule has 1 aromatic heterocycles. The summed E-state index contributed by atoms with van der Waals surface area (Å²) in [5, 5.41) is 0. The monoisotopic (exact) mass is 266 g/mol. The van der Waals surface area contributed by atoms with Crippen LogP contribution in [-0.2, 0) is 17.6 Å². The van der Waals surface area contributed by atoms with Gasteiger partial charge in [-0.2, -0.15) is 0 Å². The van der Waals surface area contributed by atoms with Crippen LogP contribution in [0.25, 0.3) is 0 Å². The predicted octanol–water partition coefficient (Wildman–Crippen LogP) is 2.83. The van der Waals surface area contributed by atoms with Crippen LogP contribution in [0.4, 0.5) is 5.69 Å². The number of hydrogen-bond donors (Lipinski definition) is 0. The van der Waals surface area contributed by atoms with Crippen LogP contribution in [0, 0.1) is 13.8 Å². The summed E-state index contributed by atoms with van der Waals surface area (Å²) in [5.74, 6) is 0.158. The fraction of sp³-hybridized carbons (Fsp3) is 0.294. The minimum absolute atomic E-state index is 0.158. The molecule has 3 nitrogen and oxygen atoms in total. The highest BCUT2D eigenvalue weighted by molar-refractivity contribution is 5.96. The predicted molar refractivity (Wildman–Crippen MR) is 79.9 cm³/mol. The van der Waals surface area contributed by atoms with E-state index in [-0.39, 0.29) is 5.91 Å². The third kappa shape index (κ3) is 2.31. The van der Waals surface area contributed by atoms with Gasteiger partial charge in [-0.15, -0.1) is 0 Å². The molecule has 0 atom stereocenters. The molecule has 3 rings (SSSR count). The quantitative estimate of drug-likeness (QED) is 0.837. The van der Waals surface area contributed by atoms with Gasteiger partial charge in [0.1, 0.15) is 0 Å². The van der Waals surface area contributed by atoms with Crippen LogP contribution in [0.1, 0.15) is 22.3 Å². The summed E-state index contributed by atoms with van der Waals surface area (Å²) in [6, 6.07) is 8.30. The van der Waals surface area contributed by atoms with Gasteiger partial charge in [-0.3, -0.25) is 9.78 Å². The maximum absolute atomic E-state index is 12.5. The van der Waals surface area contributed by atoms with Crippen LogP contribution in [0.5, 0.6) is 0 Å². The molecule has 0 radical (unpaired) electrons. The van der Waals surface area contributed by atoms with Crippen LogP contribution in [0.3, 0.4) is 0 Å². The Bertz CT molecular complexity index is 664. The molecule has 20 heavy (non-hydrogen) atoms. The van der Waals surface area contributed by atoms with Gasteiger partial charge in [0.25, 0.3) is 0 Å². The zero-order chi connectivity index (χ0) is 14.1. The van der Waals surface area contributed by atoms with E-state index >= 15 is 0 Å². The van der Waals surface area contributed by atoms with Gasteiger partial charge in [0.2, 0.25) is 5.91 Å². The van der Waals surface area contributed by atoms with Crippen molar-refractivity contribution < 1.29 is 4.79 Å². The highest BCUT2D eigenvalue weighted by Crippen LogP contribution is 2.29. The SMILES string of the molecule is Cc1ccc2c(c1)N(C(=O)Cc1cnccc1C)CC2. The van der Waals surface area contributed by atoms with Crippen molar-refractivity contribution >= 4 is 11.6 Å². The maximum Gasteiger partial charge on any atom is 0.231 e. The van der Waals surface area contributed by atoms with Crippen LogP contribution < -0.4 is 4.90 Å². The lowest BCUT2D eigenvalue weighted by atomic mass is 10.1. The zero-order valence-electron chi connectivity index (χ0n) is 11.9. The van der Waals surface area contributed by atoms with Crippen molar-refractivity contribution in [3.8, 4) is 0 Å². The molecule has 2 heterocycles. The second-order valence-corrected chi connectivity index (χ2v) is 5.41. The first-order valence-electron chi connectivity index (χ1n) is 6.94. The van der Waals surface area contributed by atoms with Gasteiger partial charge < -0.3 is 4.90 Å². The molecule has 1 amide bonds. The molecule has 0 aliphatic carbocycles. The first-order chi connectivity index (χ1) is 9.65. The lowest BCUT2D eigenvalue weighted by Gasteiger charge is -2.18. The Hall–Kier alpha value is -2.16. The smallest absolute Gasteiger partial charge is 0.231 e. The highest BCUT2D eigenvalue weighted by atomic mass is 16.2. The van der Waals surface area contributed by atoms with Crippen LogP contribution in [0.15, 0.2) is 36.7 Å². The number of benzene rings is 1. The first kappa shape index (κ1) is 12.9. The Labute approximate surface area is 119 Å². The topological polar surface area (TPSA) is 33.2 Å². The van der Waals surface area contributed by atoms with Gasteiger partial charge >= 0.3 is 0 Å². The number of fused-ring (bicyclic) bond motifs is 1.